The van der Waals surface area contributed by atoms with Gasteiger partial charge in [-0.05, 0) is 44.1 Å². The standard InChI is InChI=1S/C15H19Cl2N3O/c16-11-6-12(17)8-13(7-11)18-15(21)20-9-14(10-20)19-4-2-1-3-5-19/h6-8,14H,1-5,9-10H2,(H,18,21). The second-order valence-electron chi connectivity index (χ2n) is 5.74. The SMILES string of the molecule is O=C(Nc1cc(Cl)cc(Cl)c1)N1CC(N2CCCCC2)C1. The van der Waals surface area contributed by atoms with Crippen LogP contribution < -0.4 is 5.32 Å². The third-order valence-electron chi connectivity index (χ3n) is 4.17. The maximum atomic E-state index is 12.2. The Morgan fingerprint density at radius 3 is 2.29 bits per heavy atom. The first-order valence-corrected chi connectivity index (χ1v) is 8.13. The van der Waals surface area contributed by atoms with Crippen molar-refractivity contribution < 1.29 is 4.79 Å². The van der Waals surface area contributed by atoms with Crippen LogP contribution in [-0.4, -0.2) is 48.1 Å². The van der Waals surface area contributed by atoms with Gasteiger partial charge in [-0.25, -0.2) is 4.79 Å². The van der Waals surface area contributed by atoms with E-state index >= 15 is 0 Å². The van der Waals surface area contributed by atoms with Crippen LogP contribution in [0.1, 0.15) is 19.3 Å². The van der Waals surface area contributed by atoms with E-state index in [1.807, 2.05) is 4.90 Å². The number of rotatable bonds is 2. The number of carbonyl (C=O) groups excluding carboxylic acids is 1. The lowest BCUT2D eigenvalue weighted by Crippen LogP contribution is -2.62. The monoisotopic (exact) mass is 327 g/mol. The normalized spacial score (nSPS) is 20.2. The zero-order valence-electron chi connectivity index (χ0n) is 11.8. The van der Waals surface area contributed by atoms with E-state index in [1.54, 1.807) is 18.2 Å². The fourth-order valence-electron chi connectivity index (χ4n) is 2.96. The lowest BCUT2D eigenvalue weighted by Gasteiger charge is -2.46. The molecule has 0 bridgehead atoms. The van der Waals surface area contributed by atoms with Gasteiger partial charge in [-0.2, -0.15) is 0 Å². The lowest BCUT2D eigenvalue weighted by atomic mass is 10.0. The Bertz CT molecular complexity index is 505. The summed E-state index contributed by atoms with van der Waals surface area (Å²) in [6.07, 6.45) is 3.90. The van der Waals surface area contributed by atoms with E-state index in [4.69, 9.17) is 23.2 Å². The third kappa shape index (κ3) is 3.62. The number of hydrogen-bond acceptors (Lipinski definition) is 2. The van der Waals surface area contributed by atoms with Gasteiger partial charge in [-0.15, -0.1) is 0 Å². The number of nitrogens with one attached hydrogen (secondary N) is 1. The van der Waals surface area contributed by atoms with Gasteiger partial charge in [-0.3, -0.25) is 4.90 Å². The fraction of sp³-hybridized carbons (Fsp3) is 0.533. The van der Waals surface area contributed by atoms with Crippen LogP contribution in [0.15, 0.2) is 18.2 Å². The Morgan fingerprint density at radius 1 is 1.05 bits per heavy atom. The van der Waals surface area contributed by atoms with Gasteiger partial charge in [0, 0.05) is 34.9 Å². The van der Waals surface area contributed by atoms with E-state index in [1.165, 1.54) is 32.4 Å². The van der Waals surface area contributed by atoms with Crippen LogP contribution in [-0.2, 0) is 0 Å². The van der Waals surface area contributed by atoms with Crippen molar-refractivity contribution in [1.82, 2.24) is 9.80 Å². The molecular formula is C15H19Cl2N3O. The highest BCUT2D eigenvalue weighted by atomic mass is 35.5. The van der Waals surface area contributed by atoms with Crippen molar-refractivity contribution >= 4 is 34.9 Å². The molecule has 2 aliphatic rings. The second kappa shape index (κ2) is 6.42. The smallest absolute Gasteiger partial charge is 0.321 e. The maximum Gasteiger partial charge on any atom is 0.321 e. The highest BCUT2D eigenvalue weighted by Crippen LogP contribution is 2.24. The van der Waals surface area contributed by atoms with E-state index in [9.17, 15) is 4.79 Å². The zero-order valence-corrected chi connectivity index (χ0v) is 13.3. The van der Waals surface area contributed by atoms with E-state index in [0.29, 0.717) is 21.8 Å². The van der Waals surface area contributed by atoms with Crippen molar-refractivity contribution in [2.45, 2.75) is 25.3 Å². The van der Waals surface area contributed by atoms with Crippen LogP contribution >= 0.6 is 23.2 Å². The van der Waals surface area contributed by atoms with Gasteiger partial charge >= 0.3 is 6.03 Å². The van der Waals surface area contributed by atoms with Crippen LogP contribution in [0.2, 0.25) is 10.0 Å². The van der Waals surface area contributed by atoms with Gasteiger partial charge in [0.2, 0.25) is 0 Å². The maximum absolute atomic E-state index is 12.2. The van der Waals surface area contributed by atoms with Gasteiger partial charge in [-0.1, -0.05) is 29.6 Å². The minimum atomic E-state index is -0.0819. The van der Waals surface area contributed by atoms with Crippen LogP contribution in [0.4, 0.5) is 10.5 Å². The van der Waals surface area contributed by atoms with Crippen LogP contribution in [0.5, 0.6) is 0 Å². The molecule has 114 valence electrons. The molecular weight excluding hydrogens is 309 g/mol. The summed E-state index contributed by atoms with van der Waals surface area (Å²) >= 11 is 11.9. The fourth-order valence-corrected chi connectivity index (χ4v) is 3.49. The van der Waals surface area contributed by atoms with Crippen molar-refractivity contribution in [2.24, 2.45) is 0 Å². The summed E-state index contributed by atoms with van der Waals surface area (Å²) in [5.74, 6) is 0. The first kappa shape index (κ1) is 14.9. The molecule has 1 N–H and O–H groups in total. The summed E-state index contributed by atoms with van der Waals surface area (Å²) in [6.45, 7) is 3.95. The summed E-state index contributed by atoms with van der Waals surface area (Å²) in [5.41, 5.74) is 0.638. The molecule has 2 amide bonds. The first-order chi connectivity index (χ1) is 10.1. The highest BCUT2D eigenvalue weighted by Gasteiger charge is 2.35. The molecule has 1 aromatic carbocycles. The first-order valence-electron chi connectivity index (χ1n) is 7.38. The number of carbonyl (C=O) groups is 1. The van der Waals surface area contributed by atoms with Gasteiger partial charge in [0.05, 0.1) is 0 Å². The number of amides is 2. The van der Waals surface area contributed by atoms with Crippen LogP contribution in [0.3, 0.4) is 0 Å². The lowest BCUT2D eigenvalue weighted by molar-refractivity contribution is 0.0493. The van der Waals surface area contributed by atoms with Crippen molar-refractivity contribution in [1.29, 1.82) is 0 Å². The Balaban J connectivity index is 1.51. The van der Waals surface area contributed by atoms with Crippen LogP contribution in [0, 0.1) is 0 Å². The Labute approximate surface area is 135 Å². The van der Waals surface area contributed by atoms with Gasteiger partial charge < -0.3 is 10.2 Å². The summed E-state index contributed by atoms with van der Waals surface area (Å²) in [4.78, 5) is 16.5. The molecule has 21 heavy (non-hydrogen) atoms. The van der Waals surface area contributed by atoms with E-state index in [2.05, 4.69) is 10.2 Å². The van der Waals surface area contributed by atoms with Crippen molar-refractivity contribution in [3.05, 3.63) is 28.2 Å². The Morgan fingerprint density at radius 2 is 1.67 bits per heavy atom. The van der Waals surface area contributed by atoms with E-state index < -0.39 is 0 Å². The molecule has 0 atom stereocenters. The largest absolute Gasteiger partial charge is 0.321 e. The minimum absolute atomic E-state index is 0.0819. The zero-order chi connectivity index (χ0) is 14.8. The van der Waals surface area contributed by atoms with Crippen molar-refractivity contribution in [3.8, 4) is 0 Å². The molecule has 2 aliphatic heterocycles. The molecule has 2 saturated heterocycles. The topological polar surface area (TPSA) is 35.6 Å². The predicted octanol–water partition coefficient (Wildman–Crippen LogP) is 3.70. The summed E-state index contributed by atoms with van der Waals surface area (Å²) in [6, 6.07) is 5.50. The molecule has 0 saturated carbocycles. The highest BCUT2D eigenvalue weighted by molar-refractivity contribution is 6.35. The summed E-state index contributed by atoms with van der Waals surface area (Å²) < 4.78 is 0. The van der Waals surface area contributed by atoms with Gasteiger partial charge in [0.25, 0.3) is 0 Å². The molecule has 2 fully saturated rings. The molecule has 0 aliphatic carbocycles. The number of benzene rings is 1. The molecule has 6 heteroatoms. The van der Waals surface area contributed by atoms with Crippen molar-refractivity contribution in [2.75, 3.05) is 31.5 Å². The molecule has 0 aromatic heterocycles. The number of nitrogens with zero attached hydrogens (tertiary/aromatic N) is 2. The van der Waals surface area contributed by atoms with Crippen molar-refractivity contribution in [3.63, 3.8) is 0 Å². The molecule has 4 nitrogen and oxygen atoms in total. The van der Waals surface area contributed by atoms with Gasteiger partial charge in [0.15, 0.2) is 0 Å². The number of anilines is 1. The quantitative estimate of drug-likeness (QED) is 0.899. The van der Waals surface area contributed by atoms with E-state index in [-0.39, 0.29) is 6.03 Å². The Hall–Kier alpha value is -0.970. The predicted molar refractivity (Wildman–Crippen MR) is 86.3 cm³/mol. The van der Waals surface area contributed by atoms with Crippen LogP contribution in [0.25, 0.3) is 0 Å². The molecule has 0 unspecified atom stereocenters. The number of hydrogen-bond donors (Lipinski definition) is 1. The van der Waals surface area contributed by atoms with Gasteiger partial charge in [0.1, 0.15) is 0 Å². The average Bonchev–Trinajstić information content (AvgIpc) is 2.36. The number of halogens is 2. The average molecular weight is 328 g/mol. The third-order valence-corrected chi connectivity index (χ3v) is 4.61. The number of likely N-dealkylation sites (tertiary alicyclic amines) is 2. The molecule has 0 radical (unpaired) electrons. The second-order valence-corrected chi connectivity index (χ2v) is 6.62. The summed E-state index contributed by atoms with van der Waals surface area (Å²) in [7, 11) is 0. The number of urea groups is 1. The number of piperidine rings is 1. The molecule has 2 heterocycles. The van der Waals surface area contributed by atoms with E-state index in [0.717, 1.165) is 13.1 Å². The summed E-state index contributed by atoms with van der Waals surface area (Å²) in [5, 5.41) is 3.89. The Kier molecular flexibility index (Phi) is 4.57. The molecule has 0 spiro atoms. The minimum Gasteiger partial charge on any atom is -0.321 e. The molecule has 3 rings (SSSR count). The molecule has 1 aromatic rings.